The summed E-state index contributed by atoms with van der Waals surface area (Å²) in [6.07, 6.45) is 0. The Kier molecular flexibility index (Phi) is 4.78. The van der Waals surface area contributed by atoms with E-state index in [0.29, 0.717) is 5.56 Å². The van der Waals surface area contributed by atoms with E-state index in [4.69, 9.17) is 0 Å². The van der Waals surface area contributed by atoms with Crippen molar-refractivity contribution in [1.82, 2.24) is 4.72 Å². The molecule has 0 aliphatic carbocycles. The van der Waals surface area contributed by atoms with Gasteiger partial charge in [0.15, 0.2) is 5.78 Å². The average molecular weight is 317 g/mol. The average Bonchev–Trinajstić information content (AvgIpc) is 2.48. The Morgan fingerprint density at radius 3 is 2.50 bits per heavy atom. The summed E-state index contributed by atoms with van der Waals surface area (Å²) in [7, 11) is -3.65. The van der Waals surface area contributed by atoms with Crippen molar-refractivity contribution < 1.29 is 13.2 Å². The molecule has 0 bridgehead atoms. The van der Waals surface area contributed by atoms with Crippen LogP contribution in [-0.4, -0.2) is 14.2 Å². The molecule has 0 amide bonds. The molecular formula is C17H19NO3S. The van der Waals surface area contributed by atoms with E-state index in [-0.39, 0.29) is 17.2 Å². The second-order valence-electron chi connectivity index (χ2n) is 5.34. The lowest BCUT2D eigenvalue weighted by molar-refractivity contribution is 0.101. The van der Waals surface area contributed by atoms with Crippen LogP contribution < -0.4 is 4.72 Å². The molecule has 0 aliphatic heterocycles. The number of ketones is 1. The quantitative estimate of drug-likeness (QED) is 0.862. The first-order valence-electron chi connectivity index (χ1n) is 6.96. The van der Waals surface area contributed by atoms with E-state index in [1.165, 1.54) is 19.1 Å². The van der Waals surface area contributed by atoms with Crippen molar-refractivity contribution in [3.05, 3.63) is 64.7 Å². The normalized spacial score (nSPS) is 11.4. The van der Waals surface area contributed by atoms with Crippen LogP contribution in [0.2, 0.25) is 0 Å². The van der Waals surface area contributed by atoms with Crippen molar-refractivity contribution in [2.75, 3.05) is 0 Å². The lowest BCUT2D eigenvalue weighted by atomic mass is 10.1. The Hall–Kier alpha value is -1.98. The molecule has 2 aromatic carbocycles. The molecule has 0 saturated carbocycles. The third-order valence-electron chi connectivity index (χ3n) is 3.51. The zero-order chi connectivity index (χ0) is 16.3. The van der Waals surface area contributed by atoms with Crippen LogP contribution in [-0.2, 0) is 16.6 Å². The lowest BCUT2D eigenvalue weighted by Crippen LogP contribution is -2.24. The maximum absolute atomic E-state index is 12.4. The fraction of sp³-hybridized carbons (Fsp3) is 0.235. The molecule has 0 spiro atoms. The Bertz CT molecular complexity index is 810. The number of carbonyl (C=O) groups excluding carboxylic acids is 1. The maximum atomic E-state index is 12.4. The Morgan fingerprint density at radius 1 is 1.09 bits per heavy atom. The van der Waals surface area contributed by atoms with Crippen LogP contribution in [0.25, 0.3) is 0 Å². The van der Waals surface area contributed by atoms with Gasteiger partial charge in [0, 0.05) is 12.1 Å². The van der Waals surface area contributed by atoms with Crippen LogP contribution in [0.1, 0.15) is 34.0 Å². The summed E-state index contributed by atoms with van der Waals surface area (Å²) < 4.78 is 27.3. The van der Waals surface area contributed by atoms with Crippen LogP contribution >= 0.6 is 0 Å². The lowest BCUT2D eigenvalue weighted by Gasteiger charge is -2.10. The van der Waals surface area contributed by atoms with E-state index >= 15 is 0 Å². The van der Waals surface area contributed by atoms with E-state index < -0.39 is 10.0 Å². The highest BCUT2D eigenvalue weighted by molar-refractivity contribution is 7.89. The highest BCUT2D eigenvalue weighted by atomic mass is 32.2. The predicted molar refractivity (Wildman–Crippen MR) is 86.4 cm³/mol. The van der Waals surface area contributed by atoms with Gasteiger partial charge in [-0.2, -0.15) is 0 Å². The number of hydrogen-bond acceptors (Lipinski definition) is 3. The number of aryl methyl sites for hydroxylation is 2. The number of sulfonamides is 1. The summed E-state index contributed by atoms with van der Waals surface area (Å²) in [6, 6.07) is 12.0. The SMILES string of the molecule is CC(=O)c1cccc(S(=O)(=O)NCc2cc(C)ccc2C)c1. The topological polar surface area (TPSA) is 63.2 Å². The van der Waals surface area contributed by atoms with Crippen LogP contribution in [0.4, 0.5) is 0 Å². The van der Waals surface area contributed by atoms with Crippen molar-refractivity contribution in [2.45, 2.75) is 32.2 Å². The summed E-state index contributed by atoms with van der Waals surface area (Å²) in [4.78, 5) is 11.5. The summed E-state index contributed by atoms with van der Waals surface area (Å²) in [6.45, 7) is 5.54. The van der Waals surface area contributed by atoms with E-state index in [9.17, 15) is 13.2 Å². The van der Waals surface area contributed by atoms with Crippen LogP contribution in [0, 0.1) is 13.8 Å². The molecule has 2 rings (SSSR count). The van der Waals surface area contributed by atoms with Gasteiger partial charge in [-0.15, -0.1) is 0 Å². The van der Waals surface area contributed by atoms with Crippen molar-refractivity contribution in [2.24, 2.45) is 0 Å². The molecular weight excluding hydrogens is 298 g/mol. The number of carbonyl (C=O) groups is 1. The number of nitrogens with one attached hydrogen (secondary N) is 1. The molecule has 116 valence electrons. The molecule has 22 heavy (non-hydrogen) atoms. The molecule has 2 aromatic rings. The van der Waals surface area contributed by atoms with E-state index in [0.717, 1.165) is 16.7 Å². The van der Waals surface area contributed by atoms with Gasteiger partial charge in [-0.3, -0.25) is 4.79 Å². The largest absolute Gasteiger partial charge is 0.295 e. The summed E-state index contributed by atoms with van der Waals surface area (Å²) in [5.74, 6) is -0.161. The van der Waals surface area contributed by atoms with Crippen molar-refractivity contribution in [3.63, 3.8) is 0 Å². The second-order valence-corrected chi connectivity index (χ2v) is 7.11. The summed E-state index contributed by atoms with van der Waals surface area (Å²) in [5.41, 5.74) is 3.44. The van der Waals surface area contributed by atoms with E-state index in [1.54, 1.807) is 12.1 Å². The molecule has 0 aromatic heterocycles. The number of rotatable bonds is 5. The maximum Gasteiger partial charge on any atom is 0.240 e. The minimum absolute atomic E-state index is 0.102. The molecule has 1 N–H and O–H groups in total. The number of Topliss-reactive ketones (excluding diaryl/α,β-unsaturated/α-hetero) is 1. The standard InChI is InChI=1S/C17H19NO3S/c1-12-7-8-13(2)16(9-12)11-18-22(20,21)17-6-4-5-15(10-17)14(3)19/h4-10,18H,11H2,1-3H3. The molecule has 0 unspecified atom stereocenters. The molecule has 0 saturated heterocycles. The van der Waals surface area contributed by atoms with E-state index in [2.05, 4.69) is 4.72 Å². The van der Waals surface area contributed by atoms with Gasteiger partial charge in [-0.25, -0.2) is 13.1 Å². The molecule has 0 atom stereocenters. The smallest absolute Gasteiger partial charge is 0.240 e. The highest BCUT2D eigenvalue weighted by Crippen LogP contribution is 2.15. The zero-order valence-electron chi connectivity index (χ0n) is 12.9. The Morgan fingerprint density at radius 2 is 1.82 bits per heavy atom. The molecule has 0 heterocycles. The second kappa shape index (κ2) is 6.42. The summed E-state index contributed by atoms with van der Waals surface area (Å²) >= 11 is 0. The Balaban J connectivity index is 2.23. The van der Waals surface area contributed by atoms with Gasteiger partial charge in [0.25, 0.3) is 0 Å². The zero-order valence-corrected chi connectivity index (χ0v) is 13.7. The van der Waals surface area contributed by atoms with Crippen LogP contribution in [0.5, 0.6) is 0 Å². The van der Waals surface area contributed by atoms with Gasteiger partial charge < -0.3 is 0 Å². The van der Waals surface area contributed by atoms with Gasteiger partial charge >= 0.3 is 0 Å². The first kappa shape index (κ1) is 16.4. The molecule has 0 aliphatic rings. The van der Waals surface area contributed by atoms with Crippen LogP contribution in [0.3, 0.4) is 0 Å². The molecule has 0 fully saturated rings. The number of benzene rings is 2. The first-order chi connectivity index (χ1) is 10.3. The monoisotopic (exact) mass is 317 g/mol. The molecule has 0 radical (unpaired) electrons. The molecule has 4 nitrogen and oxygen atoms in total. The van der Waals surface area contributed by atoms with Gasteiger partial charge in [-0.05, 0) is 44.0 Å². The van der Waals surface area contributed by atoms with Crippen molar-refractivity contribution in [1.29, 1.82) is 0 Å². The Labute approximate surface area is 131 Å². The fourth-order valence-electron chi connectivity index (χ4n) is 2.13. The minimum Gasteiger partial charge on any atom is -0.295 e. The van der Waals surface area contributed by atoms with Crippen molar-refractivity contribution in [3.8, 4) is 0 Å². The molecule has 5 heteroatoms. The van der Waals surface area contributed by atoms with E-state index in [1.807, 2.05) is 32.0 Å². The number of hydrogen-bond donors (Lipinski definition) is 1. The first-order valence-corrected chi connectivity index (χ1v) is 8.45. The van der Waals surface area contributed by atoms with Crippen molar-refractivity contribution >= 4 is 15.8 Å². The van der Waals surface area contributed by atoms with Gasteiger partial charge in [0.05, 0.1) is 4.90 Å². The highest BCUT2D eigenvalue weighted by Gasteiger charge is 2.15. The van der Waals surface area contributed by atoms with Gasteiger partial charge in [0.2, 0.25) is 10.0 Å². The third kappa shape index (κ3) is 3.81. The van der Waals surface area contributed by atoms with Gasteiger partial charge in [-0.1, -0.05) is 35.9 Å². The minimum atomic E-state index is -3.65. The van der Waals surface area contributed by atoms with Crippen LogP contribution in [0.15, 0.2) is 47.4 Å². The fourth-order valence-corrected chi connectivity index (χ4v) is 3.18. The summed E-state index contributed by atoms with van der Waals surface area (Å²) in [5, 5.41) is 0. The predicted octanol–water partition coefficient (Wildman–Crippen LogP) is 2.98. The third-order valence-corrected chi connectivity index (χ3v) is 4.91. The van der Waals surface area contributed by atoms with Gasteiger partial charge in [0.1, 0.15) is 0 Å².